The fourth-order valence-corrected chi connectivity index (χ4v) is 5.28. The smallest absolute Gasteiger partial charge is 0.303 e. The Morgan fingerprint density at radius 3 is 1.90 bits per heavy atom. The fourth-order valence-electron chi connectivity index (χ4n) is 5.28. The van der Waals surface area contributed by atoms with Crippen LogP contribution in [0.1, 0.15) is 68.1 Å². The van der Waals surface area contributed by atoms with Crippen LogP contribution in [0.4, 0.5) is 0 Å². The molecule has 2 aliphatic heterocycles. The van der Waals surface area contributed by atoms with E-state index < -0.39 is 84.8 Å². The van der Waals surface area contributed by atoms with Crippen molar-refractivity contribution in [3.8, 4) is 0 Å². The maximum Gasteiger partial charge on any atom is 0.303 e. The number of ether oxygens (including phenoxy) is 6. The Kier molecular flexibility index (Phi) is 12.3. The third-order valence-corrected chi connectivity index (χ3v) is 7.22. The molecule has 0 saturated heterocycles. The van der Waals surface area contributed by atoms with Crippen LogP contribution in [0.15, 0.2) is 29.4 Å². The van der Waals surface area contributed by atoms with Crippen molar-refractivity contribution in [1.29, 1.82) is 0 Å². The van der Waals surface area contributed by atoms with E-state index in [2.05, 4.69) is 20.5 Å². The third kappa shape index (κ3) is 9.48. The Hall–Kier alpha value is -6.28. The van der Waals surface area contributed by atoms with Gasteiger partial charge in [-0.25, -0.2) is 0 Å². The van der Waals surface area contributed by atoms with E-state index in [1.54, 1.807) is 24.3 Å². The van der Waals surface area contributed by atoms with E-state index in [4.69, 9.17) is 28.4 Å². The number of esters is 5. The van der Waals surface area contributed by atoms with Crippen molar-refractivity contribution in [2.75, 3.05) is 13.2 Å². The first-order valence-corrected chi connectivity index (χ1v) is 15.6. The molecule has 21 nitrogen and oxygen atoms in total. The van der Waals surface area contributed by atoms with Gasteiger partial charge in [-0.1, -0.05) is 12.1 Å². The summed E-state index contributed by atoms with van der Waals surface area (Å²) >= 11 is 0. The zero-order valence-electron chi connectivity index (χ0n) is 28.9. The summed E-state index contributed by atoms with van der Waals surface area (Å²) in [6.07, 6.45) is -8.71. The average molecular weight is 730 g/mol. The van der Waals surface area contributed by atoms with Gasteiger partial charge < -0.3 is 28.4 Å². The van der Waals surface area contributed by atoms with Gasteiger partial charge in [0, 0.05) is 54.5 Å². The molecule has 0 aliphatic carbocycles. The van der Waals surface area contributed by atoms with Crippen LogP contribution >= 0.6 is 0 Å². The molecule has 2 aromatic rings. The highest BCUT2D eigenvalue weighted by molar-refractivity contribution is 6.21. The fraction of sp³-hybridized carbons (Fsp3) is 0.484. The lowest BCUT2D eigenvalue weighted by molar-refractivity contribution is -0.216. The Morgan fingerprint density at radius 1 is 0.788 bits per heavy atom. The Balaban J connectivity index is 1.58. The summed E-state index contributed by atoms with van der Waals surface area (Å²) in [7, 11) is 0. The van der Waals surface area contributed by atoms with Crippen LogP contribution < -0.4 is 0 Å². The van der Waals surface area contributed by atoms with Gasteiger partial charge in [0.1, 0.15) is 13.2 Å². The van der Waals surface area contributed by atoms with Gasteiger partial charge >= 0.3 is 29.8 Å². The monoisotopic (exact) mass is 729 g/mol. The summed E-state index contributed by atoms with van der Waals surface area (Å²) in [6.45, 7) is 5.09. The molecule has 4 rings (SSSR count). The van der Waals surface area contributed by atoms with Gasteiger partial charge in [-0.3, -0.25) is 43.3 Å². The second kappa shape index (κ2) is 16.6. The number of carbonyl (C=O) groups excluding carboxylic acids is 8. The molecule has 0 radical (unpaired) electrons. The Morgan fingerprint density at radius 2 is 1.37 bits per heavy atom. The Labute approximate surface area is 295 Å². The van der Waals surface area contributed by atoms with Crippen LogP contribution in [0, 0.1) is 0 Å². The third-order valence-electron chi connectivity index (χ3n) is 7.22. The number of tetrazole rings is 1. The number of carbonyl (C=O) groups is 8. The van der Waals surface area contributed by atoms with Crippen molar-refractivity contribution in [1.82, 2.24) is 30.1 Å². The number of hydrogen-bond donors (Lipinski definition) is 0. The quantitative estimate of drug-likeness (QED) is 0.125. The van der Waals surface area contributed by atoms with E-state index in [-0.39, 0.29) is 31.2 Å². The zero-order chi connectivity index (χ0) is 38.3. The van der Waals surface area contributed by atoms with Crippen LogP contribution in [-0.2, 0) is 70.2 Å². The largest absolute Gasteiger partial charge is 0.462 e. The predicted molar refractivity (Wildman–Crippen MR) is 167 cm³/mol. The maximum atomic E-state index is 12.8. The minimum absolute atomic E-state index is 0.0351. The highest BCUT2D eigenvalue weighted by Gasteiger charge is 2.52. The molecule has 5 atom stereocenters. The number of rotatable bonds is 15. The molecule has 52 heavy (non-hydrogen) atoms. The highest BCUT2D eigenvalue weighted by Crippen LogP contribution is 2.28. The van der Waals surface area contributed by atoms with E-state index in [1.165, 1.54) is 0 Å². The van der Waals surface area contributed by atoms with E-state index in [0.29, 0.717) is 11.1 Å². The highest BCUT2D eigenvalue weighted by atomic mass is 16.7. The normalized spacial score (nSPS) is 17.2. The van der Waals surface area contributed by atoms with Crippen LogP contribution in [0.2, 0.25) is 0 Å². The minimum Gasteiger partial charge on any atom is -0.462 e. The lowest BCUT2D eigenvalue weighted by Gasteiger charge is -2.37. The molecule has 1 aromatic heterocycles. The van der Waals surface area contributed by atoms with Gasteiger partial charge in [0.2, 0.25) is 18.0 Å². The summed E-state index contributed by atoms with van der Waals surface area (Å²) in [6, 6.07) is 6.42. The molecule has 0 N–H and O–H groups in total. The topological polar surface area (TPSA) is 254 Å². The van der Waals surface area contributed by atoms with Gasteiger partial charge in [0.15, 0.2) is 30.2 Å². The van der Waals surface area contributed by atoms with Crippen LogP contribution in [0.3, 0.4) is 0 Å². The van der Waals surface area contributed by atoms with E-state index in [9.17, 15) is 38.4 Å². The molecule has 0 fully saturated rings. The first-order valence-electron chi connectivity index (χ1n) is 15.6. The van der Waals surface area contributed by atoms with Crippen LogP contribution in [0.25, 0.3) is 0 Å². The molecule has 3 amide bonds. The molecule has 2 aliphatic rings. The number of aromatic nitrogens is 4. The van der Waals surface area contributed by atoms with Crippen molar-refractivity contribution >= 4 is 53.5 Å². The van der Waals surface area contributed by atoms with Crippen molar-refractivity contribution in [2.24, 2.45) is 5.10 Å². The van der Waals surface area contributed by atoms with E-state index >= 15 is 0 Å². The summed E-state index contributed by atoms with van der Waals surface area (Å²) in [5, 5.41) is 17.0. The van der Waals surface area contributed by atoms with Crippen LogP contribution in [-0.4, -0.2) is 127 Å². The average Bonchev–Trinajstić information content (AvgIpc) is 3.75. The maximum absolute atomic E-state index is 12.8. The minimum atomic E-state index is -1.86. The van der Waals surface area contributed by atoms with E-state index in [1.807, 2.05) is 0 Å². The van der Waals surface area contributed by atoms with Gasteiger partial charge in [-0.2, -0.15) is 9.81 Å². The van der Waals surface area contributed by atoms with Gasteiger partial charge in [-0.05, 0) is 17.3 Å². The van der Waals surface area contributed by atoms with Gasteiger partial charge in [-0.15, -0.1) is 15.3 Å². The lowest BCUT2D eigenvalue weighted by Crippen LogP contribution is -2.59. The number of imide groups is 1. The predicted octanol–water partition coefficient (Wildman–Crippen LogP) is -0.680. The summed E-state index contributed by atoms with van der Waals surface area (Å²) in [5.41, 5.74) is 0.581. The molecule has 21 heteroatoms. The standard InChI is InChI=1S/C31H35N7O14/c1-15(39)38-31(28(51-20(6)44)27(50-19(5)43)26(49-18(4)42)23(48-17(3)41)14-47-16(2)40)52-25(34-38)13-37-33-24(32-35-37)11-12-36-29(45)21-9-7-8-10-22(21)30(36)46/h7-10,23,26-28,31H,11-14H2,1-6H3/t23-,26+,27+,28-,31?/m1/s1. The number of benzene rings is 1. The first-order chi connectivity index (χ1) is 24.5. The van der Waals surface area contributed by atoms with Crippen molar-refractivity contribution in [3.05, 3.63) is 41.2 Å². The molecular formula is C31H35N7O14. The number of hydrazone groups is 1. The second-order valence-corrected chi connectivity index (χ2v) is 11.3. The molecule has 0 spiro atoms. The number of hydrogen-bond acceptors (Lipinski definition) is 18. The SMILES string of the molecule is CC(=O)OC[C@@H](OC(C)=O)[C@H](OC(C)=O)[C@H](OC(C)=O)[C@@H](OC(C)=O)C1OC(Cn2nnc(CCN3C(=O)c4ccccc4C3=O)n2)=NN1C(C)=O. The van der Waals surface area contributed by atoms with Crippen LogP contribution in [0.5, 0.6) is 0 Å². The second-order valence-electron chi connectivity index (χ2n) is 11.3. The summed E-state index contributed by atoms with van der Waals surface area (Å²) in [5.74, 6) is -6.33. The van der Waals surface area contributed by atoms with Gasteiger partial charge in [0.05, 0.1) is 11.1 Å². The summed E-state index contributed by atoms with van der Waals surface area (Å²) < 4.78 is 32.5. The molecule has 1 unspecified atom stereocenters. The molecule has 1 aromatic carbocycles. The number of nitrogens with zero attached hydrogens (tertiary/aromatic N) is 7. The number of amides is 3. The van der Waals surface area contributed by atoms with E-state index in [0.717, 1.165) is 56.2 Å². The summed E-state index contributed by atoms with van der Waals surface area (Å²) in [4.78, 5) is 101. The molecule has 0 saturated carbocycles. The molecule has 278 valence electrons. The lowest BCUT2D eigenvalue weighted by atomic mass is 10.00. The van der Waals surface area contributed by atoms with Crippen molar-refractivity contribution in [2.45, 2.75) is 85.2 Å². The molecule has 3 heterocycles. The molecule has 0 bridgehead atoms. The zero-order valence-corrected chi connectivity index (χ0v) is 28.9. The van der Waals surface area contributed by atoms with Crippen molar-refractivity contribution < 1.29 is 66.8 Å². The first kappa shape index (κ1) is 38.5. The van der Waals surface area contributed by atoms with Crippen molar-refractivity contribution in [3.63, 3.8) is 0 Å². The molecular weight excluding hydrogens is 694 g/mol. The van der Waals surface area contributed by atoms with Gasteiger partial charge in [0.25, 0.3) is 11.8 Å². The Bertz CT molecular complexity index is 1760. The number of fused-ring (bicyclic) bond motifs is 1.